The number of benzene rings is 1. The Balaban J connectivity index is 2.84. The fourth-order valence-electron chi connectivity index (χ4n) is 2.52. The fraction of sp³-hybridized carbons (Fsp3) is 0.333. The lowest BCUT2D eigenvalue weighted by atomic mass is 9.69. The minimum absolute atomic E-state index is 0.0607. The summed E-state index contributed by atoms with van der Waals surface area (Å²) < 4.78 is 46.5. The third-order valence-corrected chi connectivity index (χ3v) is 3.69. The molecule has 1 aliphatic heterocycles. The topological polar surface area (TPSA) is 63.6 Å². The number of rotatable bonds is 3. The standard InChI is InChI=1S/C15H13F3O4/c1-13(2,8-19)14(15(16,17)18)10(12(20)21)7-9-5-3-4-6-11(9)22-14/h3-8H,1-2H3,(H,20,21). The van der Waals surface area contributed by atoms with Crippen molar-refractivity contribution >= 4 is 18.3 Å². The number of aldehydes is 1. The highest BCUT2D eigenvalue weighted by molar-refractivity contribution is 5.97. The number of carbonyl (C=O) groups excluding carboxylic acids is 1. The van der Waals surface area contributed by atoms with E-state index in [1.165, 1.54) is 18.2 Å². The summed E-state index contributed by atoms with van der Waals surface area (Å²) in [6, 6.07) is 5.75. The number of hydrogen-bond acceptors (Lipinski definition) is 3. The number of carbonyl (C=O) groups is 2. The van der Waals surface area contributed by atoms with Crippen molar-refractivity contribution in [1.29, 1.82) is 0 Å². The maximum absolute atomic E-state index is 13.8. The van der Waals surface area contributed by atoms with Crippen molar-refractivity contribution in [1.82, 2.24) is 0 Å². The van der Waals surface area contributed by atoms with Gasteiger partial charge >= 0.3 is 12.1 Å². The zero-order chi connectivity index (χ0) is 16.8. The molecule has 1 aliphatic rings. The van der Waals surface area contributed by atoms with Crippen molar-refractivity contribution < 1.29 is 32.6 Å². The van der Waals surface area contributed by atoms with Gasteiger partial charge in [-0.25, -0.2) is 4.79 Å². The summed E-state index contributed by atoms with van der Waals surface area (Å²) in [5.74, 6) is -1.92. The van der Waals surface area contributed by atoms with Gasteiger partial charge in [-0.1, -0.05) is 18.2 Å². The van der Waals surface area contributed by atoms with Crippen molar-refractivity contribution in [2.45, 2.75) is 25.6 Å². The minimum atomic E-state index is -5.10. The molecule has 1 heterocycles. The highest BCUT2D eigenvalue weighted by atomic mass is 19.4. The van der Waals surface area contributed by atoms with E-state index in [-0.39, 0.29) is 17.6 Å². The molecule has 1 atom stereocenters. The molecule has 7 heteroatoms. The van der Waals surface area contributed by atoms with Crippen molar-refractivity contribution in [3.05, 3.63) is 35.4 Å². The van der Waals surface area contributed by atoms with Crippen LogP contribution < -0.4 is 4.74 Å². The summed E-state index contributed by atoms with van der Waals surface area (Å²) in [6.07, 6.45) is -4.14. The van der Waals surface area contributed by atoms with Gasteiger partial charge in [-0.2, -0.15) is 13.2 Å². The number of hydrogen-bond donors (Lipinski definition) is 1. The maximum atomic E-state index is 13.8. The zero-order valence-electron chi connectivity index (χ0n) is 11.8. The van der Waals surface area contributed by atoms with Gasteiger partial charge in [-0.3, -0.25) is 0 Å². The monoisotopic (exact) mass is 314 g/mol. The second kappa shape index (κ2) is 4.86. The Morgan fingerprint density at radius 3 is 2.36 bits per heavy atom. The van der Waals surface area contributed by atoms with Crippen molar-refractivity contribution in [2.24, 2.45) is 5.41 Å². The first-order valence-corrected chi connectivity index (χ1v) is 6.33. The molecule has 0 amide bonds. The second-order valence-corrected chi connectivity index (χ2v) is 5.52. The Morgan fingerprint density at radius 1 is 1.27 bits per heavy atom. The van der Waals surface area contributed by atoms with Crippen LogP contribution >= 0.6 is 0 Å². The predicted octanol–water partition coefficient (Wildman–Crippen LogP) is 3.07. The third-order valence-electron chi connectivity index (χ3n) is 3.69. The number of para-hydroxylation sites is 1. The van der Waals surface area contributed by atoms with Gasteiger partial charge in [0.05, 0.1) is 11.0 Å². The van der Waals surface area contributed by atoms with Gasteiger partial charge in [0.25, 0.3) is 0 Å². The summed E-state index contributed by atoms with van der Waals surface area (Å²) in [7, 11) is 0. The minimum Gasteiger partial charge on any atom is -0.478 e. The van der Waals surface area contributed by atoms with E-state index < -0.39 is 28.7 Å². The molecule has 0 bridgehead atoms. The van der Waals surface area contributed by atoms with Crippen LogP contribution in [0.5, 0.6) is 5.75 Å². The number of carboxylic acids is 1. The predicted molar refractivity (Wildman–Crippen MR) is 71.3 cm³/mol. The Hall–Kier alpha value is -2.31. The van der Waals surface area contributed by atoms with Crippen molar-refractivity contribution in [3.8, 4) is 5.75 Å². The molecule has 1 aromatic rings. The van der Waals surface area contributed by atoms with Crippen LogP contribution in [0.15, 0.2) is 29.8 Å². The Kier molecular flexibility index (Phi) is 3.55. The molecule has 0 spiro atoms. The average Bonchev–Trinajstić information content (AvgIpc) is 2.44. The first kappa shape index (κ1) is 16.1. The van der Waals surface area contributed by atoms with Crippen LogP contribution in [-0.4, -0.2) is 29.1 Å². The lowest BCUT2D eigenvalue weighted by Gasteiger charge is -2.46. The summed E-state index contributed by atoms with van der Waals surface area (Å²) in [6.45, 7) is 2.00. The van der Waals surface area contributed by atoms with Crippen molar-refractivity contribution in [2.75, 3.05) is 0 Å². The van der Waals surface area contributed by atoms with Crippen LogP contribution in [0.2, 0.25) is 0 Å². The second-order valence-electron chi connectivity index (χ2n) is 5.52. The smallest absolute Gasteiger partial charge is 0.433 e. The highest BCUT2D eigenvalue weighted by Crippen LogP contribution is 2.53. The summed E-state index contributed by atoms with van der Waals surface area (Å²) in [5.41, 5.74) is -6.21. The summed E-state index contributed by atoms with van der Waals surface area (Å²) in [4.78, 5) is 22.7. The molecule has 1 unspecified atom stereocenters. The van der Waals surface area contributed by atoms with Gasteiger partial charge in [-0.05, 0) is 26.0 Å². The largest absolute Gasteiger partial charge is 0.478 e. The number of halogens is 3. The van der Waals surface area contributed by atoms with Gasteiger partial charge < -0.3 is 14.6 Å². The van der Waals surface area contributed by atoms with E-state index in [4.69, 9.17) is 4.74 Å². The van der Waals surface area contributed by atoms with Gasteiger partial charge in [0.2, 0.25) is 5.60 Å². The van der Waals surface area contributed by atoms with Gasteiger partial charge in [0.1, 0.15) is 12.0 Å². The quantitative estimate of drug-likeness (QED) is 0.871. The van der Waals surface area contributed by atoms with Crippen LogP contribution in [0.25, 0.3) is 6.08 Å². The van der Waals surface area contributed by atoms with E-state index >= 15 is 0 Å². The van der Waals surface area contributed by atoms with E-state index in [0.29, 0.717) is 0 Å². The number of carboxylic acid groups (broad SMARTS) is 1. The number of fused-ring (bicyclic) bond motifs is 1. The zero-order valence-corrected chi connectivity index (χ0v) is 11.8. The Morgan fingerprint density at radius 2 is 1.86 bits per heavy atom. The molecule has 1 N–H and O–H groups in total. The van der Waals surface area contributed by atoms with E-state index in [1.807, 2.05) is 0 Å². The molecule has 0 fully saturated rings. The number of aliphatic carboxylic acids is 1. The van der Waals surface area contributed by atoms with Crippen molar-refractivity contribution in [3.63, 3.8) is 0 Å². The van der Waals surface area contributed by atoms with Crippen LogP contribution in [-0.2, 0) is 9.59 Å². The van der Waals surface area contributed by atoms with Crippen LogP contribution in [0.4, 0.5) is 13.2 Å². The average molecular weight is 314 g/mol. The molecule has 0 saturated heterocycles. The molecule has 0 aliphatic carbocycles. The number of alkyl halides is 3. The molecule has 0 saturated carbocycles. The number of ether oxygens (including phenoxy) is 1. The maximum Gasteiger partial charge on any atom is 0.433 e. The Bertz CT molecular complexity index is 661. The molecular weight excluding hydrogens is 301 g/mol. The molecule has 0 radical (unpaired) electrons. The first-order valence-electron chi connectivity index (χ1n) is 6.33. The highest BCUT2D eigenvalue weighted by Gasteiger charge is 2.70. The van der Waals surface area contributed by atoms with Crippen LogP contribution in [0.3, 0.4) is 0 Å². The van der Waals surface area contributed by atoms with E-state index in [1.54, 1.807) is 6.07 Å². The summed E-state index contributed by atoms with van der Waals surface area (Å²) >= 11 is 0. The summed E-state index contributed by atoms with van der Waals surface area (Å²) in [5, 5.41) is 9.26. The van der Waals surface area contributed by atoms with Crippen LogP contribution in [0, 0.1) is 5.41 Å². The molecular formula is C15H13F3O4. The van der Waals surface area contributed by atoms with Gasteiger partial charge in [0, 0.05) is 5.56 Å². The first-order chi connectivity index (χ1) is 10.1. The van der Waals surface area contributed by atoms with Crippen LogP contribution in [0.1, 0.15) is 19.4 Å². The molecule has 118 valence electrons. The molecule has 0 aromatic heterocycles. The molecule has 4 nitrogen and oxygen atoms in total. The molecule has 1 aromatic carbocycles. The lowest BCUT2D eigenvalue weighted by Crippen LogP contribution is -2.64. The lowest BCUT2D eigenvalue weighted by molar-refractivity contribution is -0.263. The van der Waals surface area contributed by atoms with E-state index in [2.05, 4.69) is 0 Å². The molecule has 2 rings (SSSR count). The molecule has 22 heavy (non-hydrogen) atoms. The SMILES string of the molecule is CC(C)(C=O)C1(C(F)(F)F)Oc2ccccc2C=C1C(=O)O. The Labute approximate surface area is 124 Å². The fourth-order valence-corrected chi connectivity index (χ4v) is 2.52. The van der Waals surface area contributed by atoms with Gasteiger partial charge in [-0.15, -0.1) is 0 Å². The van der Waals surface area contributed by atoms with Gasteiger partial charge in [0.15, 0.2) is 0 Å². The van der Waals surface area contributed by atoms with E-state index in [0.717, 1.165) is 19.9 Å². The third kappa shape index (κ3) is 2.08. The normalized spacial score (nSPS) is 21.4. The van der Waals surface area contributed by atoms with E-state index in [9.17, 15) is 27.9 Å².